The molecule has 4 rings (SSSR count). The molecule has 1 heterocycles. The molecule has 1 saturated heterocycles. The molecule has 0 aromatic heterocycles. The van der Waals surface area contributed by atoms with Crippen LogP contribution in [0.1, 0.15) is 36.0 Å². The molecule has 2 atom stereocenters. The summed E-state index contributed by atoms with van der Waals surface area (Å²) in [7, 11) is 0. The zero-order valence-electron chi connectivity index (χ0n) is 13.1. The van der Waals surface area contributed by atoms with Crippen LogP contribution in [0.2, 0.25) is 0 Å². The summed E-state index contributed by atoms with van der Waals surface area (Å²) < 4.78 is 16.9. The smallest absolute Gasteiger partial charge is 0.338 e. The van der Waals surface area contributed by atoms with Crippen molar-refractivity contribution in [3.8, 4) is 0 Å². The van der Waals surface area contributed by atoms with Crippen molar-refractivity contribution in [3.05, 3.63) is 35.9 Å². The van der Waals surface area contributed by atoms with Crippen LogP contribution in [0.15, 0.2) is 30.3 Å². The van der Waals surface area contributed by atoms with Gasteiger partial charge in [0.2, 0.25) is 0 Å². The predicted octanol–water partition coefficient (Wildman–Crippen LogP) is 2.14. The standard InChI is InChI=1S/C18H22O5/c19-16(13-4-2-1-3-5-13)21-12-17(20)8-14-10-18(11-15(14)9-17)22-6-7-23-18/h1-5,14-15,20H,6-12H2. The number of ether oxygens (including phenoxy) is 3. The summed E-state index contributed by atoms with van der Waals surface area (Å²) in [4.78, 5) is 12.0. The second-order valence-electron chi connectivity index (χ2n) is 7.11. The number of carbonyl (C=O) groups excluding carboxylic acids is 1. The van der Waals surface area contributed by atoms with Crippen molar-refractivity contribution in [1.82, 2.24) is 0 Å². The molecule has 2 aliphatic carbocycles. The second kappa shape index (κ2) is 5.58. The molecule has 0 bridgehead atoms. The Hall–Kier alpha value is -1.43. The quantitative estimate of drug-likeness (QED) is 0.865. The van der Waals surface area contributed by atoms with E-state index in [4.69, 9.17) is 14.2 Å². The van der Waals surface area contributed by atoms with Crippen LogP contribution in [0.3, 0.4) is 0 Å². The third-order valence-corrected chi connectivity index (χ3v) is 5.39. The highest BCUT2D eigenvalue weighted by molar-refractivity contribution is 5.89. The molecule has 1 aromatic carbocycles. The van der Waals surface area contributed by atoms with Crippen molar-refractivity contribution in [3.63, 3.8) is 0 Å². The SMILES string of the molecule is O=C(OCC1(O)CC2CC3(CC2C1)OCCO3)c1ccccc1. The van der Waals surface area contributed by atoms with Gasteiger partial charge < -0.3 is 19.3 Å². The highest BCUT2D eigenvalue weighted by Crippen LogP contribution is 2.54. The molecule has 124 valence electrons. The van der Waals surface area contributed by atoms with E-state index in [2.05, 4.69) is 0 Å². The maximum absolute atomic E-state index is 12.0. The fourth-order valence-electron chi connectivity index (χ4n) is 4.46. The van der Waals surface area contributed by atoms with Gasteiger partial charge in [-0.25, -0.2) is 4.79 Å². The third-order valence-electron chi connectivity index (χ3n) is 5.39. The Bertz CT molecular complexity index is 562. The maximum atomic E-state index is 12.0. The van der Waals surface area contributed by atoms with E-state index >= 15 is 0 Å². The minimum atomic E-state index is -0.917. The van der Waals surface area contributed by atoms with Gasteiger partial charge in [0.05, 0.1) is 24.4 Å². The van der Waals surface area contributed by atoms with E-state index in [1.807, 2.05) is 6.07 Å². The number of fused-ring (bicyclic) bond motifs is 1. The number of aliphatic hydroxyl groups is 1. The molecule has 2 saturated carbocycles. The lowest BCUT2D eigenvalue weighted by molar-refractivity contribution is -0.159. The van der Waals surface area contributed by atoms with Gasteiger partial charge in [-0.1, -0.05) is 18.2 Å². The minimum Gasteiger partial charge on any atom is -0.459 e. The lowest BCUT2D eigenvalue weighted by Crippen LogP contribution is -2.35. The highest BCUT2D eigenvalue weighted by Gasteiger charge is 2.56. The zero-order valence-corrected chi connectivity index (χ0v) is 13.1. The first-order valence-electron chi connectivity index (χ1n) is 8.30. The Morgan fingerprint density at radius 1 is 1.09 bits per heavy atom. The molecule has 0 radical (unpaired) electrons. The number of esters is 1. The van der Waals surface area contributed by atoms with Crippen molar-refractivity contribution in [2.75, 3.05) is 19.8 Å². The molecule has 1 N–H and O–H groups in total. The Kier molecular flexibility index (Phi) is 3.67. The molecule has 1 aliphatic heterocycles. The van der Waals surface area contributed by atoms with Crippen molar-refractivity contribution >= 4 is 5.97 Å². The Morgan fingerprint density at radius 2 is 1.70 bits per heavy atom. The summed E-state index contributed by atoms with van der Waals surface area (Å²) in [5.41, 5.74) is -0.402. The van der Waals surface area contributed by atoms with E-state index in [0.717, 1.165) is 12.8 Å². The van der Waals surface area contributed by atoms with Gasteiger partial charge >= 0.3 is 5.97 Å². The lowest BCUT2D eigenvalue weighted by Gasteiger charge is -2.27. The summed E-state index contributed by atoms with van der Waals surface area (Å²) in [6.45, 7) is 1.39. The zero-order chi connectivity index (χ0) is 15.9. The molecular weight excluding hydrogens is 296 g/mol. The topological polar surface area (TPSA) is 65.0 Å². The van der Waals surface area contributed by atoms with E-state index in [-0.39, 0.29) is 12.6 Å². The number of benzene rings is 1. The van der Waals surface area contributed by atoms with Crippen LogP contribution in [0.5, 0.6) is 0 Å². The van der Waals surface area contributed by atoms with Crippen LogP contribution in [0, 0.1) is 11.8 Å². The first-order valence-corrected chi connectivity index (χ1v) is 8.30. The van der Waals surface area contributed by atoms with E-state index in [1.54, 1.807) is 24.3 Å². The largest absolute Gasteiger partial charge is 0.459 e. The molecule has 5 heteroatoms. The van der Waals surface area contributed by atoms with Crippen LogP contribution < -0.4 is 0 Å². The lowest BCUT2D eigenvalue weighted by atomic mass is 9.97. The summed E-state index contributed by atoms with van der Waals surface area (Å²) in [6.07, 6.45) is 2.97. The van der Waals surface area contributed by atoms with Gasteiger partial charge in [0.1, 0.15) is 6.61 Å². The van der Waals surface area contributed by atoms with Gasteiger partial charge in [0.25, 0.3) is 0 Å². The molecule has 3 aliphatic rings. The van der Waals surface area contributed by atoms with Crippen LogP contribution >= 0.6 is 0 Å². The minimum absolute atomic E-state index is 0.0580. The summed E-state index contributed by atoms with van der Waals surface area (Å²) in [6, 6.07) is 8.88. The number of hydrogen-bond donors (Lipinski definition) is 1. The van der Waals surface area contributed by atoms with Gasteiger partial charge in [-0.05, 0) is 36.8 Å². The predicted molar refractivity (Wildman–Crippen MR) is 81.8 cm³/mol. The van der Waals surface area contributed by atoms with Gasteiger partial charge in [0, 0.05) is 12.8 Å². The summed E-state index contributed by atoms with van der Waals surface area (Å²) in [5.74, 6) is -0.0192. The Morgan fingerprint density at radius 3 is 2.30 bits per heavy atom. The van der Waals surface area contributed by atoms with E-state index in [9.17, 15) is 9.90 Å². The molecule has 2 unspecified atom stereocenters. The van der Waals surface area contributed by atoms with Crippen LogP contribution in [-0.2, 0) is 14.2 Å². The summed E-state index contributed by atoms with van der Waals surface area (Å²) >= 11 is 0. The number of rotatable bonds is 3. The van der Waals surface area contributed by atoms with Gasteiger partial charge in [-0.3, -0.25) is 0 Å². The van der Waals surface area contributed by atoms with Crippen molar-refractivity contribution in [2.24, 2.45) is 11.8 Å². The van der Waals surface area contributed by atoms with Crippen LogP contribution in [0.25, 0.3) is 0 Å². The van der Waals surface area contributed by atoms with Gasteiger partial charge in [0.15, 0.2) is 5.79 Å². The molecular formula is C18H22O5. The number of carbonyl (C=O) groups is 1. The van der Waals surface area contributed by atoms with E-state index in [1.165, 1.54) is 0 Å². The fourth-order valence-corrected chi connectivity index (χ4v) is 4.46. The molecule has 5 nitrogen and oxygen atoms in total. The van der Waals surface area contributed by atoms with Gasteiger partial charge in [-0.15, -0.1) is 0 Å². The fraction of sp³-hybridized carbons (Fsp3) is 0.611. The Balaban J connectivity index is 1.34. The van der Waals surface area contributed by atoms with Crippen molar-refractivity contribution in [2.45, 2.75) is 37.1 Å². The average Bonchev–Trinajstić information content (AvgIpc) is 3.20. The van der Waals surface area contributed by atoms with E-state index in [0.29, 0.717) is 43.5 Å². The normalized spacial score (nSPS) is 34.7. The van der Waals surface area contributed by atoms with Crippen LogP contribution in [-0.4, -0.2) is 42.3 Å². The van der Waals surface area contributed by atoms with E-state index < -0.39 is 11.4 Å². The number of hydrogen-bond acceptors (Lipinski definition) is 5. The third kappa shape index (κ3) is 2.89. The van der Waals surface area contributed by atoms with Gasteiger partial charge in [-0.2, -0.15) is 0 Å². The first-order chi connectivity index (χ1) is 11.1. The Labute approximate surface area is 135 Å². The molecule has 1 aromatic rings. The maximum Gasteiger partial charge on any atom is 0.338 e. The average molecular weight is 318 g/mol. The molecule has 3 fully saturated rings. The van der Waals surface area contributed by atoms with Crippen molar-refractivity contribution in [1.29, 1.82) is 0 Å². The molecule has 0 amide bonds. The highest BCUT2D eigenvalue weighted by atomic mass is 16.7. The monoisotopic (exact) mass is 318 g/mol. The second-order valence-corrected chi connectivity index (χ2v) is 7.11. The summed E-state index contributed by atoms with van der Waals surface area (Å²) in [5, 5.41) is 10.8. The van der Waals surface area contributed by atoms with Crippen LogP contribution in [0.4, 0.5) is 0 Å². The molecule has 23 heavy (non-hydrogen) atoms. The molecule has 1 spiro atoms. The van der Waals surface area contributed by atoms with Crippen molar-refractivity contribution < 1.29 is 24.1 Å². The first kappa shape index (κ1) is 15.1.